The van der Waals surface area contributed by atoms with E-state index in [9.17, 15) is 18.0 Å². The molecule has 0 unspecified atom stereocenters. The third-order valence-corrected chi connectivity index (χ3v) is 6.54. The number of sulfonamides is 1. The zero-order chi connectivity index (χ0) is 27.4. The molecule has 0 atom stereocenters. The van der Waals surface area contributed by atoms with Crippen LogP contribution in [0.3, 0.4) is 0 Å². The highest BCUT2D eigenvalue weighted by atomic mass is 32.2. The first-order valence-electron chi connectivity index (χ1n) is 11.8. The predicted octanol–water partition coefficient (Wildman–Crippen LogP) is 3.52. The summed E-state index contributed by atoms with van der Waals surface area (Å²) in [5.74, 6) is -0.0481. The van der Waals surface area contributed by atoms with E-state index in [0.29, 0.717) is 23.5 Å². The second-order valence-electron chi connectivity index (χ2n) is 7.96. The molecule has 10 nitrogen and oxygen atoms in total. The quantitative estimate of drug-likeness (QED) is 0.112. The fraction of sp³-hybridized carbons (Fsp3) is 0.222. The Morgan fingerprint density at radius 2 is 1.71 bits per heavy atom. The Labute approximate surface area is 221 Å². The molecule has 2 N–H and O–H groups in total. The maximum Gasteiger partial charge on any atom is 0.343 e. The van der Waals surface area contributed by atoms with E-state index >= 15 is 0 Å². The number of nitrogens with zero attached hydrogens (tertiary/aromatic N) is 1. The van der Waals surface area contributed by atoms with Crippen molar-refractivity contribution in [2.24, 2.45) is 5.10 Å². The molecule has 0 spiro atoms. The molecule has 0 saturated heterocycles. The number of esters is 1. The van der Waals surface area contributed by atoms with E-state index in [-0.39, 0.29) is 16.4 Å². The summed E-state index contributed by atoms with van der Waals surface area (Å²) in [6, 6.07) is 19.1. The van der Waals surface area contributed by atoms with Gasteiger partial charge in [0, 0.05) is 0 Å². The van der Waals surface area contributed by atoms with E-state index in [1.807, 2.05) is 0 Å². The average Bonchev–Trinajstić information content (AvgIpc) is 2.93. The number of carbonyl (C=O) groups is 2. The van der Waals surface area contributed by atoms with Gasteiger partial charge in [-0.3, -0.25) is 4.79 Å². The van der Waals surface area contributed by atoms with Gasteiger partial charge in [-0.15, -0.1) is 0 Å². The number of hydrogen-bond donors (Lipinski definition) is 2. The van der Waals surface area contributed by atoms with Gasteiger partial charge in [-0.25, -0.2) is 23.4 Å². The number of amides is 1. The molecule has 0 heterocycles. The number of hydrogen-bond acceptors (Lipinski definition) is 8. The van der Waals surface area contributed by atoms with Crippen molar-refractivity contribution in [3.8, 4) is 17.2 Å². The minimum atomic E-state index is -3.81. The number of carbonyl (C=O) groups excluding carboxylic acids is 2. The Hall–Kier alpha value is -4.22. The highest BCUT2D eigenvalue weighted by Crippen LogP contribution is 2.28. The van der Waals surface area contributed by atoms with Crippen molar-refractivity contribution in [1.82, 2.24) is 10.1 Å². The molecule has 3 rings (SSSR count). The number of rotatable bonds is 13. The van der Waals surface area contributed by atoms with Crippen LogP contribution in [0.25, 0.3) is 0 Å². The van der Waals surface area contributed by atoms with Crippen molar-refractivity contribution in [2.75, 3.05) is 20.3 Å². The summed E-state index contributed by atoms with van der Waals surface area (Å²) in [6.07, 6.45) is 3.33. The summed E-state index contributed by atoms with van der Waals surface area (Å²) >= 11 is 0. The molecule has 3 aromatic rings. The summed E-state index contributed by atoms with van der Waals surface area (Å²) < 4.78 is 43.0. The molecular formula is C27H29N3O7S. The Morgan fingerprint density at radius 3 is 2.39 bits per heavy atom. The number of nitrogens with one attached hydrogen (secondary N) is 2. The van der Waals surface area contributed by atoms with Gasteiger partial charge in [0.2, 0.25) is 10.0 Å². The second kappa shape index (κ2) is 13.9. The van der Waals surface area contributed by atoms with Gasteiger partial charge in [0.15, 0.2) is 11.5 Å². The molecule has 38 heavy (non-hydrogen) atoms. The lowest BCUT2D eigenvalue weighted by molar-refractivity contribution is -0.119. The molecule has 11 heteroatoms. The maximum atomic E-state index is 12.6. The van der Waals surface area contributed by atoms with Crippen LogP contribution in [0.4, 0.5) is 0 Å². The van der Waals surface area contributed by atoms with Crippen LogP contribution in [0.1, 0.15) is 35.7 Å². The van der Waals surface area contributed by atoms with Crippen LogP contribution in [0.15, 0.2) is 82.8 Å². The third kappa shape index (κ3) is 8.43. The van der Waals surface area contributed by atoms with Gasteiger partial charge in [0.1, 0.15) is 5.75 Å². The number of benzene rings is 3. The zero-order valence-corrected chi connectivity index (χ0v) is 21.9. The van der Waals surface area contributed by atoms with E-state index in [1.165, 1.54) is 31.5 Å². The first-order valence-corrected chi connectivity index (χ1v) is 13.3. The third-order valence-electron chi connectivity index (χ3n) is 5.13. The minimum Gasteiger partial charge on any atom is -0.494 e. The van der Waals surface area contributed by atoms with Crippen molar-refractivity contribution in [3.63, 3.8) is 0 Å². The van der Waals surface area contributed by atoms with Gasteiger partial charge in [-0.05, 0) is 66.6 Å². The first-order chi connectivity index (χ1) is 18.3. The Balaban J connectivity index is 1.54. The van der Waals surface area contributed by atoms with Crippen molar-refractivity contribution >= 4 is 28.1 Å². The maximum absolute atomic E-state index is 12.6. The Kier molecular flexibility index (Phi) is 10.4. The van der Waals surface area contributed by atoms with Gasteiger partial charge in [-0.2, -0.15) is 5.10 Å². The average molecular weight is 540 g/mol. The van der Waals surface area contributed by atoms with E-state index in [0.717, 1.165) is 12.8 Å². The summed E-state index contributed by atoms with van der Waals surface area (Å²) in [5.41, 5.74) is 3.14. The van der Waals surface area contributed by atoms with Crippen LogP contribution >= 0.6 is 0 Å². The molecule has 0 aromatic heterocycles. The lowest BCUT2D eigenvalue weighted by Crippen LogP contribution is -2.34. The van der Waals surface area contributed by atoms with Gasteiger partial charge < -0.3 is 14.2 Å². The largest absolute Gasteiger partial charge is 0.494 e. The predicted molar refractivity (Wildman–Crippen MR) is 142 cm³/mol. The van der Waals surface area contributed by atoms with Crippen molar-refractivity contribution in [3.05, 3.63) is 83.9 Å². The molecule has 0 fully saturated rings. The molecule has 0 saturated carbocycles. The highest BCUT2D eigenvalue weighted by molar-refractivity contribution is 7.89. The fourth-order valence-corrected chi connectivity index (χ4v) is 4.09. The topological polar surface area (TPSA) is 132 Å². The minimum absolute atomic E-state index is 0.0534. The van der Waals surface area contributed by atoms with E-state index in [4.69, 9.17) is 14.2 Å². The van der Waals surface area contributed by atoms with Crippen molar-refractivity contribution in [1.29, 1.82) is 0 Å². The number of unbranched alkanes of at least 4 members (excludes halogenated alkanes) is 1. The first kappa shape index (κ1) is 28.4. The normalized spacial score (nSPS) is 11.2. The molecule has 200 valence electrons. The van der Waals surface area contributed by atoms with Crippen LogP contribution < -0.4 is 24.4 Å². The van der Waals surface area contributed by atoms with Crippen molar-refractivity contribution < 1.29 is 32.2 Å². The Bertz CT molecular complexity index is 1360. The lowest BCUT2D eigenvalue weighted by atomic mass is 10.2. The molecular weight excluding hydrogens is 510 g/mol. The van der Waals surface area contributed by atoms with Crippen LogP contribution in [0.5, 0.6) is 17.2 Å². The monoisotopic (exact) mass is 539 g/mol. The second-order valence-corrected chi connectivity index (χ2v) is 9.72. The number of hydrazone groups is 1. The van der Waals surface area contributed by atoms with Gasteiger partial charge in [-0.1, -0.05) is 31.5 Å². The summed E-state index contributed by atoms with van der Waals surface area (Å²) in [6.45, 7) is 2.21. The van der Waals surface area contributed by atoms with E-state index < -0.39 is 28.4 Å². The van der Waals surface area contributed by atoms with Gasteiger partial charge in [0.05, 0.1) is 36.9 Å². The SMILES string of the molecule is CCCCOc1ccc(C(=O)Oc2ccc(C=NNC(=O)CNS(=O)(=O)c3ccccc3)cc2OC)cc1. The molecule has 1 amide bonds. The highest BCUT2D eigenvalue weighted by Gasteiger charge is 2.15. The number of ether oxygens (including phenoxy) is 3. The van der Waals surface area contributed by atoms with Gasteiger partial charge in [0.25, 0.3) is 5.91 Å². The molecule has 0 bridgehead atoms. The Morgan fingerprint density at radius 1 is 0.974 bits per heavy atom. The van der Waals surface area contributed by atoms with Crippen LogP contribution in [0, 0.1) is 0 Å². The standard InChI is InChI=1S/C27H29N3O7S/c1-3-4-16-36-22-13-11-21(12-14-22)27(32)37-24-15-10-20(17-25(24)35-2)18-28-30-26(31)19-29-38(33,34)23-8-6-5-7-9-23/h5-15,17-18,29H,3-4,16,19H2,1-2H3,(H,30,31). The van der Waals surface area contributed by atoms with Crippen molar-refractivity contribution in [2.45, 2.75) is 24.7 Å². The smallest absolute Gasteiger partial charge is 0.343 e. The van der Waals surface area contributed by atoms with Crippen LogP contribution in [-0.2, 0) is 14.8 Å². The van der Waals surface area contributed by atoms with Crippen LogP contribution in [0.2, 0.25) is 0 Å². The molecule has 0 aliphatic heterocycles. The molecule has 3 aromatic carbocycles. The molecule has 0 radical (unpaired) electrons. The van der Waals surface area contributed by atoms with Gasteiger partial charge >= 0.3 is 5.97 Å². The van der Waals surface area contributed by atoms with E-state index in [2.05, 4.69) is 22.2 Å². The van der Waals surface area contributed by atoms with Crippen LogP contribution in [-0.4, -0.2) is 46.8 Å². The molecule has 0 aliphatic rings. The zero-order valence-electron chi connectivity index (χ0n) is 21.0. The molecule has 0 aliphatic carbocycles. The summed E-state index contributed by atoms with van der Waals surface area (Å²) in [7, 11) is -2.38. The number of methoxy groups -OCH3 is 1. The van der Waals surface area contributed by atoms with E-state index in [1.54, 1.807) is 54.6 Å². The summed E-state index contributed by atoms with van der Waals surface area (Å²) in [5, 5.41) is 3.83. The summed E-state index contributed by atoms with van der Waals surface area (Å²) in [4.78, 5) is 24.6. The fourth-order valence-electron chi connectivity index (χ4n) is 3.09. The lowest BCUT2D eigenvalue weighted by Gasteiger charge is -2.10.